The summed E-state index contributed by atoms with van der Waals surface area (Å²) in [6.45, 7) is 3.40. The molecule has 2 amide bonds. The lowest BCUT2D eigenvalue weighted by Crippen LogP contribution is -2.49. The standard InChI is InChI=1S/C9H15N3O4/c1-2-3-5(10)8(14)12-6(9(15)16)4-7(11)13/h2,5-6H,1,3-4,10H2,(H2,11,13)(H,12,14)(H,15,16). The number of hydrogen-bond donors (Lipinski definition) is 4. The number of amides is 2. The number of hydrogen-bond acceptors (Lipinski definition) is 4. The smallest absolute Gasteiger partial charge is 0.326 e. The Kier molecular flexibility index (Phi) is 5.79. The molecular weight excluding hydrogens is 214 g/mol. The summed E-state index contributed by atoms with van der Waals surface area (Å²) in [6.07, 6.45) is 1.19. The molecule has 6 N–H and O–H groups in total. The highest BCUT2D eigenvalue weighted by Crippen LogP contribution is 1.95. The highest BCUT2D eigenvalue weighted by molar-refractivity contribution is 5.90. The molecule has 0 saturated heterocycles. The van der Waals surface area contributed by atoms with E-state index in [2.05, 4.69) is 11.9 Å². The van der Waals surface area contributed by atoms with Gasteiger partial charge in [-0.1, -0.05) is 6.08 Å². The van der Waals surface area contributed by atoms with Crippen LogP contribution in [0.15, 0.2) is 12.7 Å². The molecule has 0 spiro atoms. The first-order valence-corrected chi connectivity index (χ1v) is 4.56. The van der Waals surface area contributed by atoms with E-state index >= 15 is 0 Å². The Morgan fingerprint density at radius 2 is 2.00 bits per heavy atom. The Balaban J connectivity index is 4.39. The van der Waals surface area contributed by atoms with E-state index in [1.165, 1.54) is 6.08 Å². The van der Waals surface area contributed by atoms with E-state index in [0.717, 1.165) is 0 Å². The van der Waals surface area contributed by atoms with Gasteiger partial charge >= 0.3 is 5.97 Å². The number of nitrogens with two attached hydrogens (primary N) is 2. The highest BCUT2D eigenvalue weighted by atomic mass is 16.4. The molecule has 2 unspecified atom stereocenters. The molecule has 0 aliphatic carbocycles. The second-order valence-electron chi connectivity index (χ2n) is 3.20. The van der Waals surface area contributed by atoms with Crippen LogP contribution in [-0.4, -0.2) is 35.0 Å². The Hall–Kier alpha value is -1.89. The number of carboxylic acid groups (broad SMARTS) is 1. The molecule has 0 heterocycles. The normalized spacial score (nSPS) is 13.6. The topological polar surface area (TPSA) is 136 Å². The van der Waals surface area contributed by atoms with Crippen LogP contribution in [0.4, 0.5) is 0 Å². The fourth-order valence-corrected chi connectivity index (χ4v) is 0.967. The van der Waals surface area contributed by atoms with Gasteiger partial charge in [-0.2, -0.15) is 0 Å². The largest absolute Gasteiger partial charge is 0.480 e. The van der Waals surface area contributed by atoms with Crippen molar-refractivity contribution in [2.45, 2.75) is 24.9 Å². The van der Waals surface area contributed by atoms with Crippen molar-refractivity contribution in [3.05, 3.63) is 12.7 Å². The molecule has 16 heavy (non-hydrogen) atoms. The lowest BCUT2D eigenvalue weighted by molar-refractivity contribution is -0.143. The summed E-state index contributed by atoms with van der Waals surface area (Å²) in [5, 5.41) is 10.8. The van der Waals surface area contributed by atoms with Gasteiger partial charge in [0, 0.05) is 0 Å². The van der Waals surface area contributed by atoms with Crippen molar-refractivity contribution in [1.82, 2.24) is 5.32 Å². The zero-order valence-electron chi connectivity index (χ0n) is 8.68. The van der Waals surface area contributed by atoms with Crippen molar-refractivity contribution in [2.24, 2.45) is 11.5 Å². The molecule has 0 radical (unpaired) electrons. The van der Waals surface area contributed by atoms with Crippen LogP contribution in [0.2, 0.25) is 0 Å². The van der Waals surface area contributed by atoms with Gasteiger partial charge in [0.25, 0.3) is 0 Å². The molecule has 0 aliphatic rings. The zero-order valence-corrected chi connectivity index (χ0v) is 8.68. The Bertz CT molecular complexity index is 303. The zero-order chi connectivity index (χ0) is 12.7. The quantitative estimate of drug-likeness (QED) is 0.387. The highest BCUT2D eigenvalue weighted by Gasteiger charge is 2.24. The van der Waals surface area contributed by atoms with E-state index in [9.17, 15) is 14.4 Å². The summed E-state index contributed by atoms with van der Waals surface area (Å²) in [5.74, 6) is -2.81. The van der Waals surface area contributed by atoms with Crippen molar-refractivity contribution in [1.29, 1.82) is 0 Å². The molecule has 7 heteroatoms. The van der Waals surface area contributed by atoms with Crippen LogP contribution in [0.1, 0.15) is 12.8 Å². The number of aliphatic carboxylic acids is 1. The number of rotatable bonds is 7. The Morgan fingerprint density at radius 1 is 1.44 bits per heavy atom. The van der Waals surface area contributed by atoms with Gasteiger partial charge in [-0.3, -0.25) is 9.59 Å². The number of carbonyl (C=O) groups excluding carboxylic acids is 2. The molecule has 0 saturated carbocycles. The predicted molar refractivity (Wildman–Crippen MR) is 56.2 cm³/mol. The van der Waals surface area contributed by atoms with Crippen LogP contribution in [0.3, 0.4) is 0 Å². The van der Waals surface area contributed by atoms with Crippen LogP contribution in [0, 0.1) is 0 Å². The van der Waals surface area contributed by atoms with Crippen LogP contribution in [0.25, 0.3) is 0 Å². The maximum Gasteiger partial charge on any atom is 0.326 e. The van der Waals surface area contributed by atoms with Crippen LogP contribution >= 0.6 is 0 Å². The first kappa shape index (κ1) is 14.1. The summed E-state index contributed by atoms with van der Waals surface area (Å²) in [4.78, 5) is 32.5. The summed E-state index contributed by atoms with van der Waals surface area (Å²) in [6, 6.07) is -2.23. The molecule has 0 rings (SSSR count). The molecule has 7 nitrogen and oxygen atoms in total. The second kappa shape index (κ2) is 6.57. The lowest BCUT2D eigenvalue weighted by atomic mass is 10.1. The molecule has 0 aromatic rings. The SMILES string of the molecule is C=CCC(N)C(=O)NC(CC(N)=O)C(=O)O. The minimum Gasteiger partial charge on any atom is -0.480 e. The molecule has 0 bridgehead atoms. The molecule has 2 atom stereocenters. The van der Waals surface area contributed by atoms with Crippen LogP contribution in [-0.2, 0) is 14.4 Å². The third kappa shape index (κ3) is 5.11. The van der Waals surface area contributed by atoms with Crippen molar-refractivity contribution < 1.29 is 19.5 Å². The molecule has 0 fully saturated rings. The monoisotopic (exact) mass is 229 g/mol. The van der Waals surface area contributed by atoms with E-state index in [4.69, 9.17) is 16.6 Å². The number of carbonyl (C=O) groups is 3. The first-order chi connectivity index (χ1) is 7.38. The minimum atomic E-state index is -1.35. The third-order valence-corrected chi connectivity index (χ3v) is 1.78. The number of primary amides is 1. The van der Waals surface area contributed by atoms with E-state index in [-0.39, 0.29) is 6.42 Å². The molecule has 90 valence electrons. The maximum atomic E-state index is 11.3. The van der Waals surface area contributed by atoms with Gasteiger partial charge in [-0.15, -0.1) is 6.58 Å². The summed E-state index contributed by atoms with van der Waals surface area (Å²) in [5.41, 5.74) is 10.3. The summed E-state index contributed by atoms with van der Waals surface area (Å²) < 4.78 is 0. The van der Waals surface area contributed by atoms with Crippen molar-refractivity contribution >= 4 is 17.8 Å². The molecular formula is C9H15N3O4. The van der Waals surface area contributed by atoms with E-state index in [0.29, 0.717) is 0 Å². The Morgan fingerprint density at radius 3 is 2.38 bits per heavy atom. The minimum absolute atomic E-state index is 0.217. The predicted octanol–water partition coefficient (Wildman–Crippen LogP) is -1.67. The third-order valence-electron chi connectivity index (χ3n) is 1.78. The fourth-order valence-electron chi connectivity index (χ4n) is 0.967. The second-order valence-corrected chi connectivity index (χ2v) is 3.20. The molecule has 0 aliphatic heterocycles. The molecule has 0 aromatic carbocycles. The van der Waals surface area contributed by atoms with Gasteiger partial charge in [0.05, 0.1) is 12.5 Å². The van der Waals surface area contributed by atoms with E-state index < -0.39 is 36.3 Å². The fraction of sp³-hybridized carbons (Fsp3) is 0.444. The maximum absolute atomic E-state index is 11.3. The molecule has 0 aromatic heterocycles. The van der Waals surface area contributed by atoms with Gasteiger partial charge in [-0.05, 0) is 6.42 Å². The van der Waals surface area contributed by atoms with Gasteiger partial charge < -0.3 is 21.9 Å². The number of carboxylic acids is 1. The average Bonchev–Trinajstić information content (AvgIpc) is 2.16. The average molecular weight is 229 g/mol. The lowest BCUT2D eigenvalue weighted by Gasteiger charge is -2.15. The van der Waals surface area contributed by atoms with Crippen molar-refractivity contribution in [3.63, 3.8) is 0 Å². The van der Waals surface area contributed by atoms with Crippen LogP contribution < -0.4 is 16.8 Å². The first-order valence-electron chi connectivity index (χ1n) is 4.56. The van der Waals surface area contributed by atoms with Crippen molar-refractivity contribution in [2.75, 3.05) is 0 Å². The van der Waals surface area contributed by atoms with Crippen LogP contribution in [0.5, 0.6) is 0 Å². The summed E-state index contributed by atoms with van der Waals surface area (Å²) in [7, 11) is 0. The van der Waals surface area contributed by atoms with Gasteiger partial charge in [0.15, 0.2) is 0 Å². The van der Waals surface area contributed by atoms with E-state index in [1.807, 2.05) is 0 Å². The Labute approximate surface area is 92.5 Å². The van der Waals surface area contributed by atoms with Gasteiger partial charge in [-0.25, -0.2) is 4.79 Å². The van der Waals surface area contributed by atoms with Gasteiger partial charge in [0.2, 0.25) is 11.8 Å². The van der Waals surface area contributed by atoms with Crippen molar-refractivity contribution in [3.8, 4) is 0 Å². The summed E-state index contributed by atoms with van der Waals surface area (Å²) >= 11 is 0. The number of nitrogens with one attached hydrogen (secondary N) is 1. The van der Waals surface area contributed by atoms with E-state index in [1.54, 1.807) is 0 Å². The van der Waals surface area contributed by atoms with Gasteiger partial charge in [0.1, 0.15) is 6.04 Å².